The maximum absolute atomic E-state index is 13.9. The number of nitrogens with one attached hydrogen (secondary N) is 6. The number of hydrogen-bond donors (Lipinski definition) is 7. The summed E-state index contributed by atoms with van der Waals surface area (Å²) in [4.78, 5) is 42.2. The smallest absolute Gasteiger partial charge is 0.388 e. The van der Waals surface area contributed by atoms with Gasteiger partial charge in [-0.15, -0.1) is 0 Å². The van der Waals surface area contributed by atoms with Crippen LogP contribution in [0.4, 0.5) is 36.2 Å². The summed E-state index contributed by atoms with van der Waals surface area (Å²) in [5.41, 5.74) is 8.93. The Kier molecular flexibility index (Phi) is 16.7. The Labute approximate surface area is 377 Å². The van der Waals surface area contributed by atoms with Crippen molar-refractivity contribution in [2.24, 2.45) is 17.6 Å². The third-order valence-electron chi connectivity index (χ3n) is 14.7. The summed E-state index contributed by atoms with van der Waals surface area (Å²) in [6, 6.07) is 6.34. The summed E-state index contributed by atoms with van der Waals surface area (Å²) >= 11 is 0. The molecule has 1 aromatic heterocycles. The van der Waals surface area contributed by atoms with Gasteiger partial charge in [0.15, 0.2) is 0 Å². The van der Waals surface area contributed by atoms with Crippen molar-refractivity contribution in [1.82, 2.24) is 30.3 Å². The number of amides is 2. The molecule has 64 heavy (non-hydrogen) atoms. The molecule has 2 aromatic rings. The van der Waals surface area contributed by atoms with E-state index in [-0.39, 0.29) is 23.9 Å². The number of benzene rings is 1. The molecular weight excluding hydrogens is 822 g/mol. The van der Waals surface area contributed by atoms with Crippen LogP contribution < -0.4 is 37.2 Å². The van der Waals surface area contributed by atoms with E-state index in [9.17, 15) is 22.8 Å². The van der Waals surface area contributed by atoms with Crippen LogP contribution in [0, 0.1) is 17.2 Å². The average molecular weight is 895 g/mol. The van der Waals surface area contributed by atoms with Gasteiger partial charge in [-0.25, -0.2) is 4.98 Å². The number of nitrogens with two attached hydrogens (primary N) is 1. The topological polar surface area (TPSA) is 170 Å². The lowest BCUT2D eigenvalue weighted by molar-refractivity contribution is -0.123. The van der Waals surface area contributed by atoms with Crippen LogP contribution in [0.2, 0.25) is 0 Å². The number of nitrogens with zero attached hydrogens (tertiary/aromatic N) is 5. The number of alkyl halides is 3. The van der Waals surface area contributed by atoms with E-state index in [0.717, 1.165) is 116 Å². The number of likely N-dealkylation sites (tertiary alicyclic amines) is 3. The van der Waals surface area contributed by atoms with Crippen LogP contribution in [-0.4, -0.2) is 148 Å². The third-order valence-corrected chi connectivity index (χ3v) is 14.7. The first kappa shape index (κ1) is 47.8. The highest BCUT2D eigenvalue weighted by atomic mass is 19.4. The minimum atomic E-state index is -4.34. The lowest BCUT2D eigenvalue weighted by Crippen LogP contribution is -2.49. The fourth-order valence-corrected chi connectivity index (χ4v) is 11.1. The fourth-order valence-electron chi connectivity index (χ4n) is 11.1. The molecule has 7 rings (SSSR count). The van der Waals surface area contributed by atoms with Gasteiger partial charge < -0.3 is 52.4 Å². The van der Waals surface area contributed by atoms with Crippen LogP contribution >= 0.6 is 0 Å². The van der Waals surface area contributed by atoms with Gasteiger partial charge in [-0.2, -0.15) is 13.2 Å². The second-order valence-electron chi connectivity index (χ2n) is 18.9. The molecule has 4 atom stereocenters. The van der Waals surface area contributed by atoms with E-state index in [0.29, 0.717) is 45.8 Å². The lowest BCUT2D eigenvalue weighted by atomic mass is 9.86. The maximum atomic E-state index is 13.9. The van der Waals surface area contributed by atoms with Gasteiger partial charge >= 0.3 is 6.18 Å². The van der Waals surface area contributed by atoms with Crippen LogP contribution in [0.15, 0.2) is 24.3 Å². The van der Waals surface area contributed by atoms with Gasteiger partial charge in [0.05, 0.1) is 5.56 Å². The third kappa shape index (κ3) is 12.4. The van der Waals surface area contributed by atoms with Crippen molar-refractivity contribution < 1.29 is 22.8 Å². The number of piperidine rings is 2. The van der Waals surface area contributed by atoms with E-state index < -0.39 is 18.8 Å². The number of carbonyl (C=O) groups is 2. The second kappa shape index (κ2) is 22.3. The number of pyridine rings is 1. The second-order valence-corrected chi connectivity index (χ2v) is 18.9. The predicted molar refractivity (Wildman–Crippen MR) is 250 cm³/mol. The normalized spacial score (nSPS) is 24.0. The molecule has 0 radical (unpaired) electrons. The summed E-state index contributed by atoms with van der Waals surface area (Å²) < 4.78 is 38.1. The van der Waals surface area contributed by atoms with Gasteiger partial charge in [0, 0.05) is 120 Å². The largest absolute Gasteiger partial charge is 0.405 e. The zero-order chi connectivity index (χ0) is 45.2. The zero-order valence-electron chi connectivity index (χ0n) is 38.1. The van der Waals surface area contributed by atoms with Gasteiger partial charge in [0.25, 0.3) is 5.91 Å². The standard InChI is InChI=1S/C47H73F3N12O2/c1-53-40-28-36(55-31-47(48,49)50)12-13-38(40)42(52)46(64)57-35-14-21-59(22-15-35)25-26-61-20-8-11-41(61)37-10-7-9-32(37)30-60-23-16-34(17-24-60)56-45(63)39-27-33(29-51)43(54-2)58-44(39)62-18-5-3-4-6-19-62/h12-13,27-29,32,34-35,37,41-42,51,53,55H,3-11,14-26,30-31,52H2,1-2H3,(H,54,58)(H,56,63)(H,57,64). The molecule has 0 bridgehead atoms. The molecule has 5 aliphatic rings. The molecule has 14 nitrogen and oxygen atoms in total. The summed E-state index contributed by atoms with van der Waals surface area (Å²) in [7, 11) is 3.47. The number of rotatable bonds is 17. The van der Waals surface area contributed by atoms with Crippen molar-refractivity contribution in [3.8, 4) is 0 Å². The molecule has 4 aliphatic heterocycles. The molecule has 1 aromatic carbocycles. The minimum Gasteiger partial charge on any atom is -0.388 e. The first-order valence-electron chi connectivity index (χ1n) is 24.1. The number of aromatic nitrogens is 1. The van der Waals surface area contributed by atoms with Crippen LogP contribution in [-0.2, 0) is 4.79 Å². The quantitative estimate of drug-likeness (QED) is 0.0949. The summed E-state index contributed by atoms with van der Waals surface area (Å²) in [6.07, 6.45) is 11.5. The number of anilines is 4. The summed E-state index contributed by atoms with van der Waals surface area (Å²) in [5.74, 6) is 2.41. The number of hydrogen-bond acceptors (Lipinski definition) is 12. The van der Waals surface area contributed by atoms with Crippen LogP contribution in [0.3, 0.4) is 0 Å². The van der Waals surface area contributed by atoms with Gasteiger partial charge in [0.1, 0.15) is 24.2 Å². The van der Waals surface area contributed by atoms with Crippen molar-refractivity contribution in [2.45, 2.75) is 114 Å². The Balaban J connectivity index is 0.840. The Bertz CT molecular complexity index is 1860. The molecule has 1 saturated carbocycles. The van der Waals surface area contributed by atoms with E-state index >= 15 is 0 Å². The van der Waals surface area contributed by atoms with Crippen molar-refractivity contribution in [1.29, 1.82) is 5.41 Å². The molecule has 4 saturated heterocycles. The molecule has 17 heteroatoms. The van der Waals surface area contributed by atoms with Gasteiger partial charge in [0.2, 0.25) is 5.91 Å². The zero-order valence-corrected chi connectivity index (χ0v) is 38.1. The Morgan fingerprint density at radius 2 is 1.53 bits per heavy atom. The molecule has 0 spiro atoms. The molecule has 4 unspecified atom stereocenters. The van der Waals surface area contributed by atoms with Gasteiger partial charge in [-0.3, -0.25) is 14.5 Å². The Morgan fingerprint density at radius 3 is 2.20 bits per heavy atom. The number of carbonyl (C=O) groups excluding carboxylic acids is 2. The van der Waals surface area contributed by atoms with Crippen LogP contribution in [0.1, 0.15) is 111 Å². The maximum Gasteiger partial charge on any atom is 0.405 e. The first-order valence-corrected chi connectivity index (χ1v) is 24.1. The molecule has 5 fully saturated rings. The summed E-state index contributed by atoms with van der Waals surface area (Å²) in [6.45, 7) is 8.81. The minimum absolute atomic E-state index is 0.0248. The summed E-state index contributed by atoms with van der Waals surface area (Å²) in [5, 5.41) is 23.0. The van der Waals surface area contributed by atoms with Crippen molar-refractivity contribution in [3.63, 3.8) is 0 Å². The highest BCUT2D eigenvalue weighted by molar-refractivity contribution is 6.02. The monoisotopic (exact) mass is 895 g/mol. The highest BCUT2D eigenvalue weighted by Gasteiger charge is 2.40. The SMILES string of the molecule is CNc1cc(NCC(F)(F)F)ccc1C(N)C(=O)NC1CCN(CCN2CCCC2C2CCCC2CN2CCC(NC(=O)c3cc(C=N)c(NC)nc3N3CCCCCC3)CC2)CC1. The van der Waals surface area contributed by atoms with Crippen molar-refractivity contribution in [3.05, 3.63) is 41.0 Å². The van der Waals surface area contributed by atoms with E-state index in [4.69, 9.17) is 16.1 Å². The average Bonchev–Trinajstić information content (AvgIpc) is 3.88. The fraction of sp³-hybridized carbons (Fsp3) is 0.702. The predicted octanol–water partition coefficient (Wildman–Crippen LogP) is 5.87. The van der Waals surface area contributed by atoms with E-state index in [1.807, 2.05) is 13.1 Å². The van der Waals surface area contributed by atoms with Crippen LogP contribution in [0.5, 0.6) is 0 Å². The van der Waals surface area contributed by atoms with E-state index in [1.165, 1.54) is 57.2 Å². The van der Waals surface area contributed by atoms with Gasteiger partial charge in [-0.05, 0) is 101 Å². The molecule has 354 valence electrons. The van der Waals surface area contributed by atoms with Crippen molar-refractivity contribution in [2.75, 3.05) is 107 Å². The Morgan fingerprint density at radius 1 is 0.828 bits per heavy atom. The lowest BCUT2D eigenvalue weighted by Gasteiger charge is -2.39. The van der Waals surface area contributed by atoms with Crippen LogP contribution in [0.25, 0.3) is 0 Å². The highest BCUT2D eigenvalue weighted by Crippen LogP contribution is 2.41. The molecular formula is C47H73F3N12O2. The van der Waals surface area contributed by atoms with Crippen molar-refractivity contribution >= 4 is 41.0 Å². The van der Waals surface area contributed by atoms with Gasteiger partial charge in [-0.1, -0.05) is 25.3 Å². The molecule has 2 amide bonds. The Hall–Kier alpha value is -4.19. The van der Waals surface area contributed by atoms with E-state index in [1.54, 1.807) is 19.2 Å². The molecule has 5 heterocycles. The number of halogens is 3. The molecule has 8 N–H and O–H groups in total. The molecule has 1 aliphatic carbocycles. The first-order chi connectivity index (χ1) is 30.9. The van der Waals surface area contributed by atoms with E-state index in [2.05, 4.69) is 46.2 Å².